The minimum absolute atomic E-state index is 0.201. The van der Waals surface area contributed by atoms with Gasteiger partial charge in [-0.3, -0.25) is 4.79 Å². The molecule has 1 heterocycles. The highest BCUT2D eigenvalue weighted by Gasteiger charge is 2.35. The van der Waals surface area contributed by atoms with Crippen molar-refractivity contribution in [2.24, 2.45) is 5.73 Å². The fraction of sp³-hybridized carbons (Fsp3) is 0.308. The molecule has 0 aromatic heterocycles. The van der Waals surface area contributed by atoms with Crippen LogP contribution in [0.1, 0.15) is 37.0 Å². The Hall–Kier alpha value is -1.97. The number of aliphatic hydroxyl groups excluding tert-OH is 1. The molecule has 1 aromatic rings. The quantitative estimate of drug-likeness (QED) is 0.820. The highest BCUT2D eigenvalue weighted by atomic mass is 16.5. The summed E-state index contributed by atoms with van der Waals surface area (Å²) in [6.07, 6.45) is -0.809. The largest absolute Gasteiger partial charge is 0.501 e. The first-order valence-electron chi connectivity index (χ1n) is 5.50. The minimum atomic E-state index is -0.809. The molecule has 1 atom stereocenters. The molecule has 0 fully saturated rings. The standard InChI is InChI=1S/C13H15NO3/c1-7(2)8-3-5-9(6-4-8)12-10(15)11(16)13(14)17-12/h3-7,12,16H,14H2,1-2H3/t12-/m0/s1. The second-order valence-corrected chi connectivity index (χ2v) is 4.40. The van der Waals surface area contributed by atoms with E-state index in [1.54, 1.807) is 0 Å². The van der Waals surface area contributed by atoms with Crippen LogP contribution in [0.25, 0.3) is 0 Å². The second kappa shape index (κ2) is 4.13. The summed E-state index contributed by atoms with van der Waals surface area (Å²) in [4.78, 5) is 11.6. The van der Waals surface area contributed by atoms with Gasteiger partial charge in [-0.25, -0.2) is 0 Å². The average molecular weight is 233 g/mol. The monoisotopic (exact) mass is 233 g/mol. The van der Waals surface area contributed by atoms with Gasteiger partial charge in [-0.05, 0) is 11.5 Å². The number of hydrogen-bond acceptors (Lipinski definition) is 4. The summed E-state index contributed by atoms with van der Waals surface area (Å²) in [7, 11) is 0. The Morgan fingerprint density at radius 3 is 2.29 bits per heavy atom. The lowest BCUT2D eigenvalue weighted by atomic mass is 9.99. The molecule has 0 saturated carbocycles. The van der Waals surface area contributed by atoms with E-state index in [0.29, 0.717) is 11.5 Å². The molecule has 0 aliphatic carbocycles. The van der Waals surface area contributed by atoms with Crippen molar-refractivity contribution in [3.8, 4) is 0 Å². The zero-order chi connectivity index (χ0) is 12.6. The number of ketones is 1. The lowest BCUT2D eigenvalue weighted by Gasteiger charge is -2.11. The van der Waals surface area contributed by atoms with Crippen molar-refractivity contribution in [2.75, 3.05) is 0 Å². The van der Waals surface area contributed by atoms with E-state index in [4.69, 9.17) is 10.5 Å². The van der Waals surface area contributed by atoms with E-state index >= 15 is 0 Å². The second-order valence-electron chi connectivity index (χ2n) is 4.40. The summed E-state index contributed by atoms with van der Waals surface area (Å²) in [5, 5.41) is 9.32. The van der Waals surface area contributed by atoms with Gasteiger partial charge in [-0.1, -0.05) is 38.1 Å². The maximum atomic E-state index is 11.6. The molecule has 17 heavy (non-hydrogen) atoms. The number of Topliss-reactive ketones (excluding diaryl/α,β-unsaturated/α-hetero) is 1. The Morgan fingerprint density at radius 1 is 1.29 bits per heavy atom. The molecule has 1 aliphatic heterocycles. The van der Waals surface area contributed by atoms with Gasteiger partial charge in [-0.2, -0.15) is 0 Å². The zero-order valence-electron chi connectivity index (χ0n) is 9.81. The van der Waals surface area contributed by atoms with E-state index < -0.39 is 17.6 Å². The molecule has 90 valence electrons. The summed E-state index contributed by atoms with van der Waals surface area (Å²) in [5.41, 5.74) is 7.25. The average Bonchev–Trinajstić information content (AvgIpc) is 2.57. The molecule has 1 aliphatic rings. The summed E-state index contributed by atoms with van der Waals surface area (Å²) >= 11 is 0. The third kappa shape index (κ3) is 1.98. The van der Waals surface area contributed by atoms with E-state index in [-0.39, 0.29) is 5.88 Å². The number of benzene rings is 1. The Bertz CT molecular complexity index is 474. The van der Waals surface area contributed by atoms with Gasteiger partial charge >= 0.3 is 0 Å². The molecule has 2 rings (SSSR count). The highest BCUT2D eigenvalue weighted by Crippen LogP contribution is 2.30. The first-order chi connectivity index (χ1) is 8.00. The fourth-order valence-corrected chi connectivity index (χ4v) is 1.76. The molecule has 0 unspecified atom stereocenters. The van der Waals surface area contributed by atoms with Crippen molar-refractivity contribution >= 4 is 5.78 Å². The highest BCUT2D eigenvalue weighted by molar-refractivity contribution is 5.99. The van der Waals surface area contributed by atoms with E-state index in [9.17, 15) is 9.90 Å². The molecule has 0 amide bonds. The van der Waals surface area contributed by atoms with Crippen molar-refractivity contribution < 1.29 is 14.6 Å². The first kappa shape index (κ1) is 11.5. The van der Waals surface area contributed by atoms with Gasteiger partial charge in [0.05, 0.1) is 0 Å². The molecular formula is C13H15NO3. The molecule has 0 spiro atoms. The predicted octanol–water partition coefficient (Wildman–Crippen LogP) is 2.14. The van der Waals surface area contributed by atoms with Crippen LogP contribution >= 0.6 is 0 Å². The van der Waals surface area contributed by atoms with Crippen LogP contribution in [0, 0.1) is 0 Å². The summed E-state index contributed by atoms with van der Waals surface area (Å²) in [6.45, 7) is 4.19. The molecule has 0 radical (unpaired) electrons. The van der Waals surface area contributed by atoms with Crippen LogP contribution in [0.4, 0.5) is 0 Å². The van der Waals surface area contributed by atoms with Gasteiger partial charge in [0.1, 0.15) is 0 Å². The fourth-order valence-electron chi connectivity index (χ4n) is 1.76. The Balaban J connectivity index is 2.23. The Labute approximate surface area is 99.7 Å². The lowest BCUT2D eigenvalue weighted by molar-refractivity contribution is -0.123. The third-order valence-corrected chi connectivity index (χ3v) is 2.86. The van der Waals surface area contributed by atoms with Crippen LogP contribution in [-0.4, -0.2) is 10.9 Å². The molecular weight excluding hydrogens is 218 g/mol. The Kier molecular flexibility index (Phi) is 2.79. The normalized spacial score (nSPS) is 19.9. The number of hydrogen-bond donors (Lipinski definition) is 2. The molecule has 0 saturated heterocycles. The maximum absolute atomic E-state index is 11.6. The lowest BCUT2D eigenvalue weighted by Crippen LogP contribution is -2.09. The van der Waals surface area contributed by atoms with Crippen molar-refractivity contribution in [1.82, 2.24) is 0 Å². The van der Waals surface area contributed by atoms with E-state index in [1.807, 2.05) is 24.3 Å². The zero-order valence-corrected chi connectivity index (χ0v) is 9.81. The predicted molar refractivity (Wildman–Crippen MR) is 63.2 cm³/mol. The number of carbonyl (C=O) groups excluding carboxylic acids is 1. The first-order valence-corrected chi connectivity index (χ1v) is 5.50. The van der Waals surface area contributed by atoms with Crippen LogP contribution in [-0.2, 0) is 9.53 Å². The molecule has 4 nitrogen and oxygen atoms in total. The van der Waals surface area contributed by atoms with Gasteiger partial charge in [0.2, 0.25) is 17.4 Å². The van der Waals surface area contributed by atoms with Gasteiger partial charge in [-0.15, -0.1) is 0 Å². The Morgan fingerprint density at radius 2 is 1.88 bits per heavy atom. The molecule has 3 N–H and O–H groups in total. The van der Waals surface area contributed by atoms with Crippen LogP contribution in [0.5, 0.6) is 0 Å². The van der Waals surface area contributed by atoms with Crippen LogP contribution in [0.2, 0.25) is 0 Å². The number of rotatable bonds is 2. The van der Waals surface area contributed by atoms with E-state index in [0.717, 1.165) is 0 Å². The van der Waals surface area contributed by atoms with Crippen molar-refractivity contribution in [3.63, 3.8) is 0 Å². The number of ether oxygens (including phenoxy) is 1. The van der Waals surface area contributed by atoms with Crippen LogP contribution < -0.4 is 5.73 Å². The van der Waals surface area contributed by atoms with Gasteiger partial charge < -0.3 is 15.6 Å². The molecule has 4 heteroatoms. The van der Waals surface area contributed by atoms with Gasteiger partial charge in [0.15, 0.2) is 6.10 Å². The van der Waals surface area contributed by atoms with Crippen molar-refractivity contribution in [3.05, 3.63) is 47.0 Å². The molecule has 0 bridgehead atoms. The number of aliphatic hydroxyl groups is 1. The smallest absolute Gasteiger partial charge is 0.247 e. The van der Waals surface area contributed by atoms with Crippen LogP contribution in [0.15, 0.2) is 35.9 Å². The van der Waals surface area contributed by atoms with Crippen molar-refractivity contribution in [2.45, 2.75) is 25.9 Å². The molecule has 1 aromatic carbocycles. The van der Waals surface area contributed by atoms with E-state index in [1.165, 1.54) is 5.56 Å². The summed E-state index contributed by atoms with van der Waals surface area (Å²) in [6, 6.07) is 7.54. The maximum Gasteiger partial charge on any atom is 0.247 e. The van der Waals surface area contributed by atoms with Crippen molar-refractivity contribution in [1.29, 1.82) is 0 Å². The van der Waals surface area contributed by atoms with Crippen LogP contribution in [0.3, 0.4) is 0 Å². The minimum Gasteiger partial charge on any atom is -0.501 e. The van der Waals surface area contributed by atoms with Gasteiger partial charge in [0, 0.05) is 5.56 Å². The number of nitrogens with two attached hydrogens (primary N) is 1. The third-order valence-electron chi connectivity index (χ3n) is 2.86. The van der Waals surface area contributed by atoms with E-state index in [2.05, 4.69) is 13.8 Å². The SMILES string of the molecule is CC(C)c1ccc([C@@H]2OC(N)=C(O)C2=O)cc1. The summed E-state index contributed by atoms with van der Waals surface area (Å²) < 4.78 is 5.13. The van der Waals surface area contributed by atoms with Gasteiger partial charge in [0.25, 0.3) is 0 Å². The topological polar surface area (TPSA) is 72.6 Å². The summed E-state index contributed by atoms with van der Waals surface area (Å²) in [5.74, 6) is -0.739. The number of carbonyl (C=O) groups is 1.